The first-order valence-corrected chi connectivity index (χ1v) is 13.6. The second-order valence-corrected chi connectivity index (χ2v) is 11.2. The Morgan fingerprint density at radius 3 is 2.62 bits per heavy atom. The van der Waals surface area contributed by atoms with Crippen LogP contribution in [0.1, 0.15) is 30.4 Å². The summed E-state index contributed by atoms with van der Waals surface area (Å²) in [5.41, 5.74) is 1.38. The van der Waals surface area contributed by atoms with Crippen LogP contribution in [0.3, 0.4) is 0 Å². The number of benzene rings is 1. The minimum Gasteiger partial charge on any atom is -0.465 e. The number of nitrogens with zero attached hydrogens (tertiary/aromatic N) is 2. The predicted octanol–water partition coefficient (Wildman–Crippen LogP) is 3.07. The highest BCUT2D eigenvalue weighted by atomic mass is 79.9. The maximum atomic E-state index is 14.4. The number of allylic oxidation sites excluding steroid dienone is 1. The van der Waals surface area contributed by atoms with Gasteiger partial charge in [-0.05, 0) is 44.2 Å². The first-order chi connectivity index (χ1) is 17.7. The Balaban J connectivity index is 1.74. The number of amides is 2. The van der Waals surface area contributed by atoms with Gasteiger partial charge in [-0.3, -0.25) is 14.4 Å². The standard InChI is InChI=1S/C28H35BrN2O6/c1-5-7-8-15-36-27(35)20-21-25(33)31(13-14-32)24(28(21)16-19(29)23(20)37-28)26(34)30(12-6-2)22-17(3)10-9-11-18(22)4/h5-6,9-11,19-21,23-24,32H,1-2,7-8,12-16H2,3-4H3/t19?,20-,21-,23-,24?,28?/m0/s1. The summed E-state index contributed by atoms with van der Waals surface area (Å²) in [6.07, 6.45) is 4.56. The number of fused-ring (bicyclic) bond motifs is 1. The van der Waals surface area contributed by atoms with Crippen LogP contribution in [0.15, 0.2) is 43.5 Å². The molecule has 8 nitrogen and oxygen atoms in total. The quantitative estimate of drug-likeness (QED) is 0.189. The molecule has 0 radical (unpaired) electrons. The zero-order valence-corrected chi connectivity index (χ0v) is 23.0. The van der Waals surface area contributed by atoms with Crippen molar-refractivity contribution in [2.24, 2.45) is 11.8 Å². The van der Waals surface area contributed by atoms with E-state index in [9.17, 15) is 19.5 Å². The second kappa shape index (κ2) is 11.1. The van der Waals surface area contributed by atoms with Gasteiger partial charge in [0.25, 0.3) is 5.91 Å². The molecule has 1 aromatic carbocycles. The molecule has 1 spiro atoms. The van der Waals surface area contributed by atoms with Gasteiger partial charge in [0.05, 0.1) is 31.2 Å². The lowest BCUT2D eigenvalue weighted by molar-refractivity contribution is -0.155. The Labute approximate surface area is 226 Å². The molecule has 200 valence electrons. The van der Waals surface area contributed by atoms with Gasteiger partial charge < -0.3 is 24.4 Å². The number of hydrogen-bond donors (Lipinski definition) is 1. The number of carbonyl (C=O) groups is 3. The number of ether oxygens (including phenoxy) is 2. The summed E-state index contributed by atoms with van der Waals surface area (Å²) in [6, 6.07) is 4.80. The van der Waals surface area contributed by atoms with Crippen molar-refractivity contribution in [2.45, 2.75) is 55.7 Å². The summed E-state index contributed by atoms with van der Waals surface area (Å²) in [5.74, 6) is -2.86. The Morgan fingerprint density at radius 1 is 1.30 bits per heavy atom. The third-order valence-electron chi connectivity index (χ3n) is 7.72. The van der Waals surface area contributed by atoms with E-state index in [1.807, 2.05) is 32.0 Å². The minimum atomic E-state index is -1.21. The van der Waals surface area contributed by atoms with E-state index in [1.54, 1.807) is 17.1 Å². The highest BCUT2D eigenvalue weighted by molar-refractivity contribution is 9.09. The number of likely N-dealkylation sites (tertiary alicyclic amines) is 1. The summed E-state index contributed by atoms with van der Waals surface area (Å²) < 4.78 is 12.0. The zero-order chi connectivity index (χ0) is 26.9. The van der Waals surface area contributed by atoms with E-state index in [1.165, 1.54) is 4.90 Å². The topological polar surface area (TPSA) is 96.4 Å². The van der Waals surface area contributed by atoms with E-state index in [2.05, 4.69) is 29.1 Å². The molecule has 0 aliphatic carbocycles. The monoisotopic (exact) mass is 574 g/mol. The van der Waals surface area contributed by atoms with Crippen LogP contribution in [-0.4, -0.2) is 76.7 Å². The fourth-order valence-corrected chi connectivity index (χ4v) is 7.27. The predicted molar refractivity (Wildman–Crippen MR) is 143 cm³/mol. The van der Waals surface area contributed by atoms with E-state index in [0.717, 1.165) is 16.8 Å². The Hall–Kier alpha value is -2.49. The fraction of sp³-hybridized carbons (Fsp3) is 0.536. The van der Waals surface area contributed by atoms with Crippen molar-refractivity contribution in [1.29, 1.82) is 0 Å². The minimum absolute atomic E-state index is 0.0374. The largest absolute Gasteiger partial charge is 0.465 e. The summed E-state index contributed by atoms with van der Waals surface area (Å²) in [6.45, 7) is 11.5. The number of hydrogen-bond acceptors (Lipinski definition) is 6. The zero-order valence-electron chi connectivity index (χ0n) is 21.4. The fourth-order valence-electron chi connectivity index (χ4n) is 6.32. The van der Waals surface area contributed by atoms with Gasteiger partial charge in [0, 0.05) is 23.6 Å². The van der Waals surface area contributed by atoms with E-state index in [0.29, 0.717) is 19.3 Å². The maximum absolute atomic E-state index is 14.4. The number of esters is 1. The van der Waals surface area contributed by atoms with Crippen molar-refractivity contribution >= 4 is 39.4 Å². The number of rotatable bonds is 11. The molecule has 3 heterocycles. The van der Waals surface area contributed by atoms with Crippen LogP contribution < -0.4 is 4.90 Å². The molecule has 2 amide bonds. The van der Waals surface area contributed by atoms with E-state index in [4.69, 9.17) is 9.47 Å². The van der Waals surface area contributed by atoms with Crippen molar-refractivity contribution in [3.8, 4) is 0 Å². The number of aliphatic hydroxyl groups excluding tert-OH is 1. The van der Waals surface area contributed by atoms with Gasteiger partial charge in [0.15, 0.2) is 0 Å². The van der Waals surface area contributed by atoms with Crippen LogP contribution >= 0.6 is 15.9 Å². The number of carbonyl (C=O) groups excluding carboxylic acids is 3. The van der Waals surface area contributed by atoms with Crippen molar-refractivity contribution in [3.05, 3.63) is 54.6 Å². The summed E-state index contributed by atoms with van der Waals surface area (Å²) in [4.78, 5) is 44.3. The number of aliphatic hydroxyl groups is 1. The molecule has 0 saturated carbocycles. The highest BCUT2D eigenvalue weighted by Gasteiger charge is 2.77. The number of aryl methyl sites for hydroxylation is 2. The third-order valence-corrected chi connectivity index (χ3v) is 8.56. The van der Waals surface area contributed by atoms with Crippen LogP contribution in [0.25, 0.3) is 0 Å². The van der Waals surface area contributed by atoms with Crippen LogP contribution in [0.5, 0.6) is 0 Å². The van der Waals surface area contributed by atoms with Crippen LogP contribution in [0.2, 0.25) is 0 Å². The van der Waals surface area contributed by atoms with Gasteiger partial charge in [-0.2, -0.15) is 0 Å². The molecule has 1 N–H and O–H groups in total. The average Bonchev–Trinajstić information content (AvgIpc) is 3.44. The lowest BCUT2D eigenvalue weighted by atomic mass is 9.70. The molecule has 3 aliphatic heterocycles. The lowest BCUT2D eigenvalue weighted by Gasteiger charge is -2.37. The van der Waals surface area contributed by atoms with Gasteiger partial charge >= 0.3 is 5.97 Å². The molecule has 0 aromatic heterocycles. The molecule has 3 aliphatic rings. The second-order valence-electron chi connectivity index (χ2n) is 10.00. The first kappa shape index (κ1) is 27.5. The number of alkyl halides is 1. The molecule has 1 aromatic rings. The number of para-hydroxylation sites is 1. The first-order valence-electron chi connectivity index (χ1n) is 12.7. The van der Waals surface area contributed by atoms with Gasteiger partial charge in [-0.15, -0.1) is 13.2 Å². The number of anilines is 1. The molecule has 4 rings (SSSR count). The Morgan fingerprint density at radius 2 is 2.00 bits per heavy atom. The molecule has 9 heteroatoms. The van der Waals surface area contributed by atoms with Gasteiger partial charge in [0.2, 0.25) is 5.91 Å². The van der Waals surface area contributed by atoms with Crippen molar-refractivity contribution in [1.82, 2.24) is 4.90 Å². The smallest absolute Gasteiger partial charge is 0.312 e. The van der Waals surface area contributed by atoms with Gasteiger partial charge in [0.1, 0.15) is 11.6 Å². The molecular formula is C28H35BrN2O6. The SMILES string of the molecule is C=CCCCOC(=O)[C@H]1[C@H]2C(=O)N(CCO)C(C(=O)N(CC=C)c3c(C)cccc3C)C23CC(Br)[C@@H]1O3. The van der Waals surface area contributed by atoms with Crippen molar-refractivity contribution < 1.29 is 29.0 Å². The van der Waals surface area contributed by atoms with Crippen LogP contribution in [0.4, 0.5) is 5.69 Å². The molecule has 6 atom stereocenters. The average molecular weight is 576 g/mol. The molecule has 3 unspecified atom stereocenters. The normalized spacial score (nSPS) is 29.8. The Bertz CT molecular complexity index is 1070. The number of halogens is 1. The lowest BCUT2D eigenvalue weighted by Crippen LogP contribution is -2.57. The summed E-state index contributed by atoms with van der Waals surface area (Å²) in [5, 5.41) is 9.83. The van der Waals surface area contributed by atoms with Crippen molar-refractivity contribution in [2.75, 3.05) is 31.2 Å². The summed E-state index contributed by atoms with van der Waals surface area (Å²) >= 11 is 3.65. The van der Waals surface area contributed by atoms with Crippen LogP contribution in [-0.2, 0) is 23.9 Å². The van der Waals surface area contributed by atoms with E-state index >= 15 is 0 Å². The Kier molecular flexibility index (Phi) is 8.26. The molecular weight excluding hydrogens is 540 g/mol. The molecule has 3 fully saturated rings. The van der Waals surface area contributed by atoms with E-state index in [-0.39, 0.29) is 42.9 Å². The molecule has 2 bridgehead atoms. The third kappa shape index (κ3) is 4.55. The van der Waals surface area contributed by atoms with Gasteiger partial charge in [-0.25, -0.2) is 0 Å². The number of unbranched alkanes of at least 4 members (excludes halogenated alkanes) is 1. The highest BCUT2D eigenvalue weighted by Crippen LogP contribution is 2.60. The molecule has 37 heavy (non-hydrogen) atoms. The van der Waals surface area contributed by atoms with Gasteiger partial charge in [-0.1, -0.05) is 46.3 Å². The maximum Gasteiger partial charge on any atom is 0.312 e. The van der Waals surface area contributed by atoms with E-state index < -0.39 is 35.6 Å². The molecule has 3 saturated heterocycles. The number of β-amino-alcohol motifs (C(OH)–C–C–N with tert-alkyl or cyclic N) is 1. The van der Waals surface area contributed by atoms with Crippen LogP contribution in [0, 0.1) is 25.7 Å². The van der Waals surface area contributed by atoms with Crippen molar-refractivity contribution in [3.63, 3.8) is 0 Å². The summed E-state index contributed by atoms with van der Waals surface area (Å²) in [7, 11) is 0.